The second-order valence-electron chi connectivity index (χ2n) is 6.87. The van der Waals surface area contributed by atoms with Crippen molar-refractivity contribution in [1.29, 1.82) is 0 Å². The van der Waals surface area contributed by atoms with Gasteiger partial charge in [-0.25, -0.2) is 9.59 Å². The smallest absolute Gasteiger partial charge is 0.408 e. The summed E-state index contributed by atoms with van der Waals surface area (Å²) in [6.07, 6.45) is 1.73. The van der Waals surface area contributed by atoms with E-state index in [1.54, 1.807) is 41.5 Å². The summed E-state index contributed by atoms with van der Waals surface area (Å²) < 4.78 is 10.5. The van der Waals surface area contributed by atoms with Crippen LogP contribution in [-0.4, -0.2) is 29.3 Å². The van der Waals surface area contributed by atoms with E-state index in [0.29, 0.717) is 6.42 Å². The molecule has 0 aromatic heterocycles. The Bertz CT molecular complexity index is 327. The Balaban J connectivity index is 0. The summed E-state index contributed by atoms with van der Waals surface area (Å²) in [6.45, 7) is 16.8. The van der Waals surface area contributed by atoms with Gasteiger partial charge in [-0.1, -0.05) is 33.6 Å². The molecular formula is C17H35NO4. The van der Waals surface area contributed by atoms with Crippen molar-refractivity contribution in [3.05, 3.63) is 0 Å². The lowest BCUT2D eigenvalue weighted by molar-refractivity contribution is -0.157. The van der Waals surface area contributed by atoms with Gasteiger partial charge in [0.1, 0.15) is 17.2 Å². The normalized spacial score (nSPS) is 12.6. The molecule has 1 amide bonds. The molecule has 22 heavy (non-hydrogen) atoms. The molecule has 0 fully saturated rings. The van der Waals surface area contributed by atoms with Crippen LogP contribution in [0, 0.1) is 0 Å². The maximum Gasteiger partial charge on any atom is 0.408 e. The molecule has 132 valence electrons. The fourth-order valence-electron chi connectivity index (χ4n) is 1.48. The SMILES string of the molecule is CC.CCCCC(NC(=O)OC(C)(C)C)C(=O)OC(C)(C)C. The van der Waals surface area contributed by atoms with Crippen LogP contribution in [-0.2, 0) is 14.3 Å². The van der Waals surface area contributed by atoms with Crippen molar-refractivity contribution in [2.75, 3.05) is 0 Å². The number of amides is 1. The van der Waals surface area contributed by atoms with Gasteiger partial charge >= 0.3 is 12.1 Å². The molecule has 0 aromatic rings. The standard InChI is InChI=1S/C15H29NO4.C2H6/c1-8-9-10-11(12(17)19-14(2,3)4)16-13(18)20-15(5,6)7;1-2/h11H,8-10H2,1-7H3,(H,16,18);1-2H3. The summed E-state index contributed by atoms with van der Waals surface area (Å²) in [5, 5.41) is 2.60. The third-order valence-corrected chi connectivity index (χ3v) is 2.23. The largest absolute Gasteiger partial charge is 0.458 e. The van der Waals surface area contributed by atoms with Gasteiger partial charge in [-0.15, -0.1) is 0 Å². The average Bonchev–Trinajstić information content (AvgIpc) is 2.32. The number of rotatable bonds is 5. The highest BCUT2D eigenvalue weighted by atomic mass is 16.6. The molecule has 0 rings (SSSR count). The molecule has 1 unspecified atom stereocenters. The maximum absolute atomic E-state index is 12.1. The summed E-state index contributed by atoms with van der Waals surface area (Å²) in [4.78, 5) is 23.8. The molecule has 0 aliphatic rings. The topological polar surface area (TPSA) is 64.6 Å². The zero-order valence-corrected chi connectivity index (χ0v) is 15.8. The number of hydrogen-bond acceptors (Lipinski definition) is 4. The predicted octanol–water partition coefficient (Wildman–Crippen LogP) is 4.44. The summed E-state index contributed by atoms with van der Waals surface area (Å²) in [5.41, 5.74) is -1.16. The van der Waals surface area contributed by atoms with Crippen LogP contribution in [0.4, 0.5) is 4.79 Å². The van der Waals surface area contributed by atoms with E-state index in [9.17, 15) is 9.59 Å². The van der Waals surface area contributed by atoms with Crippen molar-refractivity contribution in [2.45, 2.75) is 98.8 Å². The maximum atomic E-state index is 12.1. The van der Waals surface area contributed by atoms with Gasteiger partial charge in [0.15, 0.2) is 0 Å². The Morgan fingerprint density at radius 1 is 0.955 bits per heavy atom. The van der Waals surface area contributed by atoms with Crippen LogP contribution < -0.4 is 5.32 Å². The quantitative estimate of drug-likeness (QED) is 0.761. The third-order valence-electron chi connectivity index (χ3n) is 2.23. The number of unbranched alkanes of at least 4 members (excludes halogenated alkanes) is 1. The number of ether oxygens (including phenoxy) is 2. The number of nitrogens with one attached hydrogen (secondary N) is 1. The van der Waals surface area contributed by atoms with Crippen LogP contribution in [0.5, 0.6) is 0 Å². The van der Waals surface area contributed by atoms with Crippen molar-refractivity contribution in [2.24, 2.45) is 0 Å². The van der Waals surface area contributed by atoms with E-state index in [1.165, 1.54) is 0 Å². The number of hydrogen-bond donors (Lipinski definition) is 1. The highest BCUT2D eigenvalue weighted by Gasteiger charge is 2.28. The predicted molar refractivity (Wildman–Crippen MR) is 89.9 cm³/mol. The minimum Gasteiger partial charge on any atom is -0.458 e. The second kappa shape index (κ2) is 10.5. The van der Waals surface area contributed by atoms with Gasteiger partial charge in [0, 0.05) is 0 Å². The molecular weight excluding hydrogens is 282 g/mol. The molecule has 0 saturated heterocycles. The summed E-state index contributed by atoms with van der Waals surface area (Å²) in [6, 6.07) is -0.663. The Labute approximate surface area is 136 Å². The fourth-order valence-corrected chi connectivity index (χ4v) is 1.48. The molecule has 0 spiro atoms. The Hall–Kier alpha value is -1.26. The highest BCUT2D eigenvalue weighted by Crippen LogP contribution is 2.13. The molecule has 0 saturated carbocycles. The van der Waals surface area contributed by atoms with Crippen LogP contribution >= 0.6 is 0 Å². The summed E-state index contributed by atoms with van der Waals surface area (Å²) in [7, 11) is 0. The van der Waals surface area contributed by atoms with E-state index in [1.807, 2.05) is 20.8 Å². The second-order valence-corrected chi connectivity index (χ2v) is 6.87. The first-order valence-corrected chi connectivity index (χ1v) is 8.17. The molecule has 5 nitrogen and oxygen atoms in total. The zero-order valence-electron chi connectivity index (χ0n) is 15.8. The van der Waals surface area contributed by atoms with E-state index in [0.717, 1.165) is 12.8 Å². The molecule has 0 radical (unpaired) electrons. The van der Waals surface area contributed by atoms with E-state index in [-0.39, 0.29) is 0 Å². The van der Waals surface area contributed by atoms with Crippen molar-refractivity contribution >= 4 is 12.1 Å². The lowest BCUT2D eigenvalue weighted by atomic mass is 10.1. The first kappa shape index (κ1) is 23.0. The van der Waals surface area contributed by atoms with Gasteiger partial charge in [-0.05, 0) is 48.0 Å². The molecule has 0 aromatic carbocycles. The fraction of sp³-hybridized carbons (Fsp3) is 0.882. The molecule has 5 heteroatoms. The van der Waals surface area contributed by atoms with Crippen molar-refractivity contribution in [1.82, 2.24) is 5.32 Å². The lowest BCUT2D eigenvalue weighted by Gasteiger charge is -2.26. The molecule has 0 heterocycles. The summed E-state index contributed by atoms with van der Waals surface area (Å²) >= 11 is 0. The van der Waals surface area contributed by atoms with Gasteiger partial charge < -0.3 is 14.8 Å². The number of carbonyl (C=O) groups excluding carboxylic acids is 2. The Kier molecular flexibility index (Phi) is 10.9. The van der Waals surface area contributed by atoms with Gasteiger partial charge in [0.2, 0.25) is 0 Å². The van der Waals surface area contributed by atoms with Crippen molar-refractivity contribution < 1.29 is 19.1 Å². The molecule has 0 aliphatic heterocycles. The van der Waals surface area contributed by atoms with Crippen LogP contribution in [0.15, 0.2) is 0 Å². The molecule has 1 atom stereocenters. The van der Waals surface area contributed by atoms with Gasteiger partial charge in [0.05, 0.1) is 0 Å². The molecule has 0 bridgehead atoms. The number of carbonyl (C=O) groups is 2. The lowest BCUT2D eigenvalue weighted by Crippen LogP contribution is -2.46. The van der Waals surface area contributed by atoms with Crippen LogP contribution in [0.3, 0.4) is 0 Å². The first-order chi connectivity index (χ1) is 9.94. The minimum atomic E-state index is -0.663. The third kappa shape index (κ3) is 13.7. The summed E-state index contributed by atoms with van der Waals surface area (Å²) in [5.74, 6) is -0.420. The monoisotopic (exact) mass is 317 g/mol. The average molecular weight is 317 g/mol. The van der Waals surface area contributed by atoms with E-state index >= 15 is 0 Å². The Morgan fingerprint density at radius 2 is 1.41 bits per heavy atom. The first-order valence-electron chi connectivity index (χ1n) is 8.17. The van der Waals surface area contributed by atoms with Gasteiger partial charge in [-0.3, -0.25) is 0 Å². The minimum absolute atomic E-state index is 0.420. The van der Waals surface area contributed by atoms with Gasteiger partial charge in [0.25, 0.3) is 0 Å². The molecule has 1 N–H and O–H groups in total. The van der Waals surface area contributed by atoms with Crippen molar-refractivity contribution in [3.63, 3.8) is 0 Å². The zero-order chi connectivity index (χ0) is 18.0. The Morgan fingerprint density at radius 3 is 1.77 bits per heavy atom. The van der Waals surface area contributed by atoms with Crippen LogP contribution in [0.1, 0.15) is 81.6 Å². The van der Waals surface area contributed by atoms with Crippen LogP contribution in [0.2, 0.25) is 0 Å². The van der Waals surface area contributed by atoms with Crippen molar-refractivity contribution in [3.8, 4) is 0 Å². The van der Waals surface area contributed by atoms with E-state index in [4.69, 9.17) is 9.47 Å². The van der Waals surface area contributed by atoms with Crippen LogP contribution in [0.25, 0.3) is 0 Å². The van der Waals surface area contributed by atoms with E-state index in [2.05, 4.69) is 5.32 Å². The number of esters is 1. The number of alkyl carbamates (subject to hydrolysis) is 1. The molecule has 0 aliphatic carbocycles. The van der Waals surface area contributed by atoms with Gasteiger partial charge in [-0.2, -0.15) is 0 Å². The highest BCUT2D eigenvalue weighted by molar-refractivity contribution is 5.81. The van der Waals surface area contributed by atoms with E-state index < -0.39 is 29.3 Å².